The van der Waals surface area contributed by atoms with Crippen LogP contribution in [0.15, 0.2) is 0 Å². The number of ether oxygens (including phenoxy) is 1. The number of hydrogen-bond acceptors (Lipinski definition) is 6. The Kier molecular flexibility index (Phi) is 10.1. The molecular weight excluding hydrogens is 573 g/mol. The van der Waals surface area contributed by atoms with Gasteiger partial charge in [0.1, 0.15) is 22.1 Å². The molecular formula is C32H65BNO5Si3. The average Bonchev–Trinajstić information content (AvgIpc) is 3.08. The summed E-state index contributed by atoms with van der Waals surface area (Å²) < 4.78 is 29.6. The highest BCUT2D eigenvalue weighted by atomic mass is 28.4. The quantitative estimate of drug-likeness (QED) is 0.167. The molecule has 1 heterocycles. The molecule has 10 heteroatoms. The van der Waals surface area contributed by atoms with E-state index in [1.807, 2.05) is 20.8 Å². The summed E-state index contributed by atoms with van der Waals surface area (Å²) >= 11 is 0. The minimum Gasteiger partial charge on any atom is -0.460 e. The molecule has 2 bridgehead atoms. The van der Waals surface area contributed by atoms with Gasteiger partial charge >= 0.3 is 13.1 Å². The second kappa shape index (κ2) is 11.7. The minimum absolute atomic E-state index is 0.0456. The van der Waals surface area contributed by atoms with Crippen molar-refractivity contribution in [2.75, 3.05) is 0 Å². The highest BCUT2D eigenvalue weighted by Gasteiger charge is 2.69. The zero-order valence-electron chi connectivity index (χ0n) is 30.4. The Hall–Kier alpha value is 0.0256. The van der Waals surface area contributed by atoms with Crippen molar-refractivity contribution in [2.24, 2.45) is 17.3 Å². The SMILES string of the molecule is CC(C)(C)OC(=O)CC(CC[C](B1O[C@@H]2CC3CC(C3(C)C)[C@]2(C)O1)N([Si](C)(C)C)[Si](C)(C)C)O[Si](C)(C)C(C)(C)C. The maximum absolute atomic E-state index is 13.1. The Morgan fingerprint density at radius 3 is 1.95 bits per heavy atom. The molecule has 1 saturated heterocycles. The van der Waals surface area contributed by atoms with Gasteiger partial charge in [-0.3, -0.25) is 4.79 Å². The van der Waals surface area contributed by atoms with Crippen molar-refractivity contribution in [1.29, 1.82) is 0 Å². The van der Waals surface area contributed by atoms with Crippen molar-refractivity contribution in [3.8, 4) is 0 Å². The van der Waals surface area contributed by atoms with Gasteiger partial charge in [0.2, 0.25) is 0 Å². The summed E-state index contributed by atoms with van der Waals surface area (Å²) in [6, 6.07) is 0. The fraction of sp³-hybridized carbons (Fsp3) is 0.938. The van der Waals surface area contributed by atoms with Crippen molar-refractivity contribution in [1.82, 2.24) is 4.23 Å². The molecule has 4 fully saturated rings. The lowest BCUT2D eigenvalue weighted by atomic mass is 9.43. The highest BCUT2D eigenvalue weighted by molar-refractivity contribution is 6.91. The van der Waals surface area contributed by atoms with Crippen LogP contribution < -0.4 is 0 Å². The number of esters is 1. The van der Waals surface area contributed by atoms with Gasteiger partial charge in [-0.2, -0.15) is 0 Å². The molecule has 3 saturated carbocycles. The van der Waals surface area contributed by atoms with Crippen LogP contribution >= 0.6 is 0 Å². The molecule has 0 amide bonds. The van der Waals surface area contributed by atoms with Gasteiger partial charge in [-0.05, 0) is 88.8 Å². The molecule has 4 rings (SSSR count). The van der Waals surface area contributed by atoms with Crippen LogP contribution in [0.1, 0.15) is 94.4 Å². The van der Waals surface area contributed by atoms with Crippen LogP contribution in [0.3, 0.4) is 0 Å². The smallest absolute Gasteiger partial charge is 0.460 e. The molecule has 1 aliphatic heterocycles. The third-order valence-corrected chi connectivity index (χ3v) is 22.5. The van der Waals surface area contributed by atoms with Crippen LogP contribution in [-0.4, -0.2) is 65.5 Å². The van der Waals surface area contributed by atoms with Crippen molar-refractivity contribution < 1.29 is 23.3 Å². The first-order chi connectivity index (χ1) is 18.6. The third-order valence-electron chi connectivity index (χ3n) is 10.7. The predicted molar refractivity (Wildman–Crippen MR) is 184 cm³/mol. The van der Waals surface area contributed by atoms with Crippen LogP contribution in [0.2, 0.25) is 57.4 Å². The lowest BCUT2D eigenvalue weighted by Gasteiger charge is -2.64. The number of nitrogens with zero attached hydrogens (tertiary/aromatic N) is 1. The minimum atomic E-state index is -2.13. The first-order valence-electron chi connectivity index (χ1n) is 16.5. The fourth-order valence-electron chi connectivity index (χ4n) is 7.89. The number of hydrogen-bond donors (Lipinski definition) is 0. The Labute approximate surface area is 263 Å². The lowest BCUT2D eigenvalue weighted by Crippen LogP contribution is -2.65. The Bertz CT molecular complexity index is 967. The molecule has 5 atom stereocenters. The summed E-state index contributed by atoms with van der Waals surface area (Å²) in [6.07, 6.45) is 4.06. The second-order valence-corrected chi connectivity index (χ2v) is 33.6. The largest absolute Gasteiger partial charge is 0.479 e. The van der Waals surface area contributed by atoms with E-state index in [1.165, 1.54) is 12.4 Å². The molecule has 243 valence electrons. The third kappa shape index (κ3) is 7.69. The molecule has 1 radical (unpaired) electrons. The summed E-state index contributed by atoms with van der Waals surface area (Å²) in [4.78, 5) is 13.1. The standard InChI is InChI=1S/C32H65BNO5Si3/c1-29(2,3)36-28(35)22-24(38-42(16,17)30(4,5)6)18-19-27(34(40(10,11)12)41(13,14)15)33-37-26-21-23-20-25(31(23,7)8)32(26,9)39-33/h23-26H,18-22H2,1-17H3/t23?,24?,25?,26-,32+/m1/s1. The highest BCUT2D eigenvalue weighted by Crippen LogP contribution is 2.66. The molecule has 0 aromatic rings. The van der Waals surface area contributed by atoms with Gasteiger partial charge in [0.25, 0.3) is 0 Å². The summed E-state index contributed by atoms with van der Waals surface area (Å²) in [7, 11) is -6.07. The van der Waals surface area contributed by atoms with Crippen LogP contribution in [0.25, 0.3) is 0 Å². The molecule has 3 unspecified atom stereocenters. The molecule has 0 spiro atoms. The molecule has 0 aromatic heterocycles. The van der Waals surface area contributed by atoms with E-state index in [1.54, 1.807) is 0 Å². The van der Waals surface area contributed by atoms with Crippen LogP contribution in [-0.2, 0) is 23.3 Å². The number of rotatable bonds is 11. The number of carbonyl (C=O) groups excluding carboxylic acids is 1. The first kappa shape index (κ1) is 36.5. The van der Waals surface area contributed by atoms with Crippen molar-refractivity contribution >= 4 is 37.9 Å². The summed E-state index contributed by atoms with van der Waals surface area (Å²) in [6.45, 7) is 38.9. The Morgan fingerprint density at radius 2 is 1.50 bits per heavy atom. The van der Waals surface area contributed by atoms with Gasteiger partial charge in [0, 0.05) is 0 Å². The monoisotopic (exact) mass is 638 g/mol. The Balaban J connectivity index is 1.94. The van der Waals surface area contributed by atoms with E-state index in [4.69, 9.17) is 18.5 Å². The van der Waals surface area contributed by atoms with E-state index in [2.05, 4.69) is 98.1 Å². The molecule has 0 N–H and O–H groups in total. The van der Waals surface area contributed by atoms with Crippen molar-refractivity contribution in [3.63, 3.8) is 0 Å². The lowest BCUT2D eigenvalue weighted by molar-refractivity contribution is -0.199. The molecule has 42 heavy (non-hydrogen) atoms. The molecule has 3 aliphatic carbocycles. The predicted octanol–water partition coefficient (Wildman–Crippen LogP) is 8.66. The zero-order valence-corrected chi connectivity index (χ0v) is 33.4. The first-order valence-corrected chi connectivity index (χ1v) is 26.3. The van der Waals surface area contributed by atoms with E-state index in [0.717, 1.165) is 19.3 Å². The summed E-state index contributed by atoms with van der Waals surface area (Å²) in [5, 5.41) is 0.0456. The van der Waals surface area contributed by atoms with Crippen molar-refractivity contribution in [2.45, 2.75) is 175 Å². The van der Waals surface area contributed by atoms with Gasteiger partial charge in [-0.15, -0.1) is 0 Å². The van der Waals surface area contributed by atoms with Gasteiger partial charge in [0.15, 0.2) is 8.32 Å². The van der Waals surface area contributed by atoms with E-state index in [-0.39, 0.29) is 42.4 Å². The summed E-state index contributed by atoms with van der Waals surface area (Å²) in [5.41, 5.74) is -0.475. The van der Waals surface area contributed by atoms with Gasteiger partial charge in [-0.1, -0.05) is 73.9 Å². The topological polar surface area (TPSA) is 57.2 Å². The van der Waals surface area contributed by atoms with Crippen LogP contribution in [0, 0.1) is 23.2 Å². The fourth-order valence-corrected chi connectivity index (χ4v) is 19.5. The Morgan fingerprint density at radius 1 is 0.952 bits per heavy atom. The van der Waals surface area contributed by atoms with E-state index >= 15 is 0 Å². The molecule has 6 nitrogen and oxygen atoms in total. The second-order valence-electron chi connectivity index (χ2n) is 18.8. The zero-order chi connectivity index (χ0) is 32.5. The molecule has 0 aromatic carbocycles. The average molecular weight is 639 g/mol. The molecule has 4 aliphatic rings. The van der Waals surface area contributed by atoms with E-state index in [9.17, 15) is 4.79 Å². The van der Waals surface area contributed by atoms with Gasteiger partial charge in [-0.25, -0.2) is 0 Å². The van der Waals surface area contributed by atoms with Gasteiger partial charge in [0.05, 0.1) is 30.2 Å². The normalized spacial score (nSPS) is 29.0. The van der Waals surface area contributed by atoms with Crippen LogP contribution in [0.4, 0.5) is 0 Å². The summed E-state index contributed by atoms with van der Waals surface area (Å²) in [5.74, 6) is 2.34. The van der Waals surface area contributed by atoms with Gasteiger partial charge < -0.3 is 22.7 Å². The van der Waals surface area contributed by atoms with E-state index in [0.29, 0.717) is 17.3 Å². The van der Waals surface area contributed by atoms with Crippen LogP contribution in [0.5, 0.6) is 0 Å². The maximum Gasteiger partial charge on any atom is 0.479 e. The maximum atomic E-state index is 13.1. The van der Waals surface area contributed by atoms with Crippen molar-refractivity contribution in [3.05, 3.63) is 5.94 Å². The number of carbonyl (C=O) groups is 1. The van der Waals surface area contributed by atoms with E-state index < -0.39 is 30.4 Å².